The van der Waals surface area contributed by atoms with Crippen LogP contribution >= 0.6 is 0 Å². The zero-order valence-electron chi connectivity index (χ0n) is 17.5. The average molecular weight is 401 g/mol. The van der Waals surface area contributed by atoms with E-state index in [2.05, 4.69) is 13.8 Å². The van der Waals surface area contributed by atoms with E-state index in [0.29, 0.717) is 12.8 Å². The molecular formula is C20H41NaO4S. The number of aliphatic hydroxyl groups excluding tert-OH is 1. The fourth-order valence-corrected chi connectivity index (χ4v) is 4.26. The zero-order valence-corrected chi connectivity index (χ0v) is 20.4. The van der Waals surface area contributed by atoms with Gasteiger partial charge in [0, 0.05) is 5.25 Å². The summed E-state index contributed by atoms with van der Waals surface area (Å²) in [5, 5.41) is 8.98. The summed E-state index contributed by atoms with van der Waals surface area (Å²) in [4.78, 5) is 0. The molecule has 152 valence electrons. The Labute approximate surface area is 185 Å². The van der Waals surface area contributed by atoms with Crippen LogP contribution in [0.5, 0.6) is 0 Å². The van der Waals surface area contributed by atoms with E-state index < -0.39 is 15.4 Å². The molecule has 0 aromatic carbocycles. The SMILES string of the molecule is CCCCCCC(CCCCCCCCCC(O)CCC)S(=O)(=O)[O-].[Na+]. The maximum absolute atomic E-state index is 11.4. The molecule has 0 rings (SSSR count). The molecule has 0 aliphatic rings. The summed E-state index contributed by atoms with van der Waals surface area (Å²) in [6.07, 6.45) is 15.5. The van der Waals surface area contributed by atoms with Gasteiger partial charge in [0.2, 0.25) is 0 Å². The number of rotatable bonds is 18. The van der Waals surface area contributed by atoms with Gasteiger partial charge >= 0.3 is 29.6 Å². The van der Waals surface area contributed by atoms with Crippen molar-refractivity contribution in [1.82, 2.24) is 0 Å². The Morgan fingerprint density at radius 2 is 1.12 bits per heavy atom. The summed E-state index contributed by atoms with van der Waals surface area (Å²) in [6.45, 7) is 4.21. The largest absolute Gasteiger partial charge is 1.00 e. The first-order valence-electron chi connectivity index (χ1n) is 10.5. The Hall–Kier alpha value is 0.870. The second-order valence-corrected chi connectivity index (χ2v) is 9.11. The number of hydrogen-bond acceptors (Lipinski definition) is 4. The van der Waals surface area contributed by atoms with Crippen molar-refractivity contribution in [3.05, 3.63) is 0 Å². The van der Waals surface area contributed by atoms with Crippen LogP contribution in [-0.4, -0.2) is 29.4 Å². The first-order valence-corrected chi connectivity index (χ1v) is 12.0. The molecule has 0 spiro atoms. The van der Waals surface area contributed by atoms with E-state index in [1.54, 1.807) is 0 Å². The summed E-state index contributed by atoms with van der Waals surface area (Å²) >= 11 is 0. The van der Waals surface area contributed by atoms with Crippen LogP contribution in [-0.2, 0) is 10.1 Å². The first kappa shape index (κ1) is 29.1. The molecule has 0 aromatic rings. The van der Waals surface area contributed by atoms with Crippen LogP contribution in [0.4, 0.5) is 0 Å². The molecule has 1 N–H and O–H groups in total. The minimum atomic E-state index is -4.14. The van der Waals surface area contributed by atoms with Crippen LogP contribution in [0.2, 0.25) is 0 Å². The maximum Gasteiger partial charge on any atom is 1.00 e. The monoisotopic (exact) mass is 400 g/mol. The summed E-state index contributed by atoms with van der Waals surface area (Å²) in [6, 6.07) is 0. The van der Waals surface area contributed by atoms with Crippen molar-refractivity contribution < 1.29 is 47.6 Å². The van der Waals surface area contributed by atoms with Crippen LogP contribution in [0.1, 0.15) is 117 Å². The smallest absolute Gasteiger partial charge is 0.748 e. The maximum atomic E-state index is 11.4. The van der Waals surface area contributed by atoms with Gasteiger partial charge < -0.3 is 9.66 Å². The molecule has 0 aliphatic carbocycles. The Morgan fingerprint density at radius 3 is 1.54 bits per heavy atom. The molecule has 4 nitrogen and oxygen atoms in total. The van der Waals surface area contributed by atoms with E-state index >= 15 is 0 Å². The molecule has 2 unspecified atom stereocenters. The van der Waals surface area contributed by atoms with Crippen LogP contribution in [0, 0.1) is 0 Å². The van der Waals surface area contributed by atoms with Crippen molar-refractivity contribution in [2.75, 3.05) is 0 Å². The summed E-state index contributed by atoms with van der Waals surface area (Å²) < 4.78 is 34.1. The molecule has 6 heteroatoms. The molecule has 0 bridgehead atoms. The number of unbranched alkanes of at least 4 members (excludes halogenated alkanes) is 9. The molecule has 0 saturated carbocycles. The second kappa shape index (κ2) is 19.2. The molecular weight excluding hydrogens is 359 g/mol. The van der Waals surface area contributed by atoms with Gasteiger partial charge in [-0.2, -0.15) is 0 Å². The molecule has 0 heterocycles. The third-order valence-corrected chi connectivity index (χ3v) is 6.26. The topological polar surface area (TPSA) is 77.4 Å². The molecule has 0 aliphatic heterocycles. The minimum absolute atomic E-state index is 0. The van der Waals surface area contributed by atoms with Crippen molar-refractivity contribution in [3.63, 3.8) is 0 Å². The van der Waals surface area contributed by atoms with Crippen molar-refractivity contribution in [3.8, 4) is 0 Å². The Balaban J connectivity index is 0. The van der Waals surface area contributed by atoms with E-state index in [1.807, 2.05) is 0 Å². The summed E-state index contributed by atoms with van der Waals surface area (Å²) in [5.41, 5.74) is 0. The van der Waals surface area contributed by atoms with E-state index in [-0.39, 0.29) is 35.7 Å². The van der Waals surface area contributed by atoms with Gasteiger partial charge in [0.25, 0.3) is 0 Å². The van der Waals surface area contributed by atoms with E-state index in [9.17, 15) is 18.1 Å². The Bertz CT molecular complexity index is 387. The minimum Gasteiger partial charge on any atom is -0.748 e. The quantitative estimate of drug-likeness (QED) is 0.218. The van der Waals surface area contributed by atoms with Crippen molar-refractivity contribution >= 4 is 10.1 Å². The predicted molar refractivity (Wildman–Crippen MR) is 105 cm³/mol. The van der Waals surface area contributed by atoms with E-state index in [0.717, 1.165) is 83.5 Å². The fraction of sp³-hybridized carbons (Fsp3) is 1.00. The van der Waals surface area contributed by atoms with Gasteiger partial charge in [0.05, 0.1) is 16.2 Å². The summed E-state index contributed by atoms with van der Waals surface area (Å²) in [5.74, 6) is 0. The molecule has 0 saturated heterocycles. The van der Waals surface area contributed by atoms with Crippen molar-refractivity contribution in [2.45, 2.75) is 128 Å². The van der Waals surface area contributed by atoms with Gasteiger partial charge in [-0.1, -0.05) is 90.9 Å². The fourth-order valence-electron chi connectivity index (χ4n) is 3.35. The zero-order chi connectivity index (χ0) is 19.0. The van der Waals surface area contributed by atoms with Crippen LogP contribution in [0.25, 0.3) is 0 Å². The number of aliphatic hydroxyl groups is 1. The normalized spacial score (nSPS) is 14.0. The predicted octanol–water partition coefficient (Wildman–Crippen LogP) is 2.55. The average Bonchev–Trinajstić information content (AvgIpc) is 2.54. The molecule has 0 fully saturated rings. The molecule has 2 atom stereocenters. The van der Waals surface area contributed by atoms with Gasteiger partial charge in [0.1, 0.15) is 0 Å². The van der Waals surface area contributed by atoms with Gasteiger partial charge in [-0.25, -0.2) is 8.42 Å². The van der Waals surface area contributed by atoms with Crippen molar-refractivity contribution in [2.24, 2.45) is 0 Å². The van der Waals surface area contributed by atoms with E-state index in [4.69, 9.17) is 0 Å². The van der Waals surface area contributed by atoms with Crippen LogP contribution in [0.3, 0.4) is 0 Å². The Kier molecular flexibility index (Phi) is 21.5. The third-order valence-electron chi connectivity index (χ3n) is 4.97. The summed E-state index contributed by atoms with van der Waals surface area (Å²) in [7, 11) is -4.14. The molecule has 0 amide bonds. The molecule has 26 heavy (non-hydrogen) atoms. The van der Waals surface area contributed by atoms with Crippen LogP contribution in [0.15, 0.2) is 0 Å². The molecule has 0 radical (unpaired) electrons. The third kappa shape index (κ3) is 18.2. The molecule has 0 aromatic heterocycles. The van der Waals surface area contributed by atoms with Gasteiger partial charge in [-0.3, -0.25) is 0 Å². The second-order valence-electron chi connectivity index (χ2n) is 7.46. The van der Waals surface area contributed by atoms with Gasteiger partial charge in [-0.05, 0) is 25.7 Å². The van der Waals surface area contributed by atoms with E-state index in [1.165, 1.54) is 6.42 Å². The standard InChI is InChI=1S/C20H42O4S.Na/c1-3-5-6-13-17-20(25(22,23)24)18-14-11-9-7-8-10-12-16-19(21)15-4-2;/h19-21H,3-18H2,1-2H3,(H,22,23,24);/q;+1/p-1. The van der Waals surface area contributed by atoms with Crippen molar-refractivity contribution in [1.29, 1.82) is 0 Å². The number of hydrogen-bond donors (Lipinski definition) is 1. The first-order chi connectivity index (χ1) is 11.9. The Morgan fingerprint density at radius 1 is 0.692 bits per heavy atom. The van der Waals surface area contributed by atoms with Crippen LogP contribution < -0.4 is 29.6 Å². The van der Waals surface area contributed by atoms with Gasteiger partial charge in [-0.15, -0.1) is 0 Å². The van der Waals surface area contributed by atoms with Gasteiger partial charge in [0.15, 0.2) is 0 Å².